The maximum atomic E-state index is 9.48. The van der Waals surface area contributed by atoms with Crippen LogP contribution in [0.4, 0.5) is 0 Å². The molecular weight excluding hydrogens is 316 g/mol. The highest BCUT2D eigenvalue weighted by atomic mass is 32.1. The Kier molecular flexibility index (Phi) is 4.74. The first-order valence-electron chi connectivity index (χ1n) is 7.48. The van der Waals surface area contributed by atoms with Crippen molar-refractivity contribution in [2.45, 2.75) is 6.92 Å². The minimum atomic E-state index is 0.559. The predicted octanol–water partition coefficient (Wildman–Crippen LogP) is 5.19. The van der Waals surface area contributed by atoms with Gasteiger partial charge in [0, 0.05) is 10.9 Å². The van der Waals surface area contributed by atoms with Gasteiger partial charge in [0.15, 0.2) is 0 Å². The number of thiazole rings is 1. The zero-order valence-electron chi connectivity index (χ0n) is 13.5. The number of nitriles is 1. The minimum absolute atomic E-state index is 0.559. The monoisotopic (exact) mass is 332 g/mol. The van der Waals surface area contributed by atoms with Crippen molar-refractivity contribution < 1.29 is 4.74 Å². The molecule has 1 aromatic heterocycles. The van der Waals surface area contributed by atoms with Crippen LogP contribution in [0.2, 0.25) is 0 Å². The molecule has 0 saturated heterocycles. The lowest BCUT2D eigenvalue weighted by Gasteiger charge is -2.00. The third kappa shape index (κ3) is 3.53. The number of rotatable bonds is 4. The number of methoxy groups -OCH3 is 1. The summed E-state index contributed by atoms with van der Waals surface area (Å²) in [5.74, 6) is 0.793. The van der Waals surface area contributed by atoms with E-state index in [0.717, 1.165) is 27.6 Å². The molecule has 0 fully saturated rings. The van der Waals surface area contributed by atoms with Crippen LogP contribution in [0.5, 0.6) is 5.75 Å². The van der Waals surface area contributed by atoms with Crippen molar-refractivity contribution in [1.29, 1.82) is 5.26 Å². The fourth-order valence-electron chi connectivity index (χ4n) is 2.26. The second kappa shape index (κ2) is 7.12. The summed E-state index contributed by atoms with van der Waals surface area (Å²) >= 11 is 1.48. The van der Waals surface area contributed by atoms with Crippen molar-refractivity contribution in [3.8, 4) is 23.1 Å². The van der Waals surface area contributed by atoms with Crippen molar-refractivity contribution in [2.24, 2.45) is 0 Å². The fraction of sp³-hybridized carbons (Fsp3) is 0.100. The maximum Gasteiger partial charge on any atom is 0.134 e. The molecule has 0 amide bonds. The van der Waals surface area contributed by atoms with Crippen LogP contribution in [0.25, 0.3) is 22.9 Å². The number of allylic oxidation sites excluding steroid dienone is 1. The van der Waals surface area contributed by atoms with E-state index < -0.39 is 0 Å². The Labute approximate surface area is 145 Å². The van der Waals surface area contributed by atoms with Crippen LogP contribution in [-0.2, 0) is 0 Å². The van der Waals surface area contributed by atoms with Crippen LogP contribution >= 0.6 is 11.3 Å². The molecule has 0 aliphatic rings. The maximum absolute atomic E-state index is 9.48. The zero-order chi connectivity index (χ0) is 16.9. The normalized spacial score (nSPS) is 11.1. The van der Waals surface area contributed by atoms with E-state index in [9.17, 15) is 5.26 Å². The Balaban J connectivity index is 1.90. The summed E-state index contributed by atoms with van der Waals surface area (Å²) in [5, 5.41) is 12.2. The number of aromatic nitrogens is 1. The summed E-state index contributed by atoms with van der Waals surface area (Å²) in [6, 6.07) is 18.1. The first kappa shape index (κ1) is 16.0. The largest absolute Gasteiger partial charge is 0.497 e. The van der Waals surface area contributed by atoms with Crippen LogP contribution in [0.1, 0.15) is 16.1 Å². The molecule has 0 bridgehead atoms. The van der Waals surface area contributed by atoms with E-state index in [1.165, 1.54) is 16.9 Å². The Bertz CT molecular complexity index is 900. The highest BCUT2D eigenvalue weighted by molar-refractivity contribution is 7.11. The molecular formula is C20H16N2OS. The molecule has 3 nitrogen and oxygen atoms in total. The van der Waals surface area contributed by atoms with E-state index >= 15 is 0 Å². The highest BCUT2D eigenvalue weighted by Gasteiger charge is 2.09. The van der Waals surface area contributed by atoms with Gasteiger partial charge in [-0.25, -0.2) is 4.98 Å². The van der Waals surface area contributed by atoms with E-state index in [4.69, 9.17) is 4.74 Å². The van der Waals surface area contributed by atoms with Crippen molar-refractivity contribution in [2.75, 3.05) is 7.11 Å². The lowest BCUT2D eigenvalue weighted by Crippen LogP contribution is -1.84. The molecule has 0 spiro atoms. The molecule has 0 saturated carbocycles. The Morgan fingerprint density at radius 2 is 1.83 bits per heavy atom. The number of benzene rings is 2. The van der Waals surface area contributed by atoms with Gasteiger partial charge >= 0.3 is 0 Å². The fourth-order valence-corrected chi connectivity index (χ4v) is 3.06. The summed E-state index contributed by atoms with van der Waals surface area (Å²) in [7, 11) is 1.63. The number of aryl methyl sites for hydroxylation is 1. The van der Waals surface area contributed by atoms with Gasteiger partial charge in [-0.3, -0.25) is 0 Å². The van der Waals surface area contributed by atoms with Crippen LogP contribution in [0.15, 0.2) is 53.9 Å². The molecule has 118 valence electrons. The molecule has 24 heavy (non-hydrogen) atoms. The summed E-state index contributed by atoms with van der Waals surface area (Å²) in [5.41, 5.74) is 4.67. The number of ether oxygens (including phenoxy) is 1. The lowest BCUT2D eigenvalue weighted by atomic mass is 10.1. The quantitative estimate of drug-likeness (QED) is 0.618. The summed E-state index contributed by atoms with van der Waals surface area (Å²) in [6.07, 6.45) is 1.84. The SMILES string of the molecule is COc1ccc(/C=C(\C#N)c2nc(-c3ccc(C)cc3)cs2)cc1. The predicted molar refractivity (Wildman–Crippen MR) is 98.8 cm³/mol. The van der Waals surface area contributed by atoms with Gasteiger partial charge in [0.25, 0.3) is 0 Å². The Morgan fingerprint density at radius 3 is 2.46 bits per heavy atom. The number of nitrogens with zero attached hydrogens (tertiary/aromatic N) is 2. The summed E-state index contributed by atoms with van der Waals surface area (Å²) < 4.78 is 5.15. The molecule has 0 N–H and O–H groups in total. The summed E-state index contributed by atoms with van der Waals surface area (Å²) in [6.45, 7) is 2.06. The topological polar surface area (TPSA) is 45.9 Å². The second-order valence-electron chi connectivity index (χ2n) is 5.35. The third-order valence-electron chi connectivity index (χ3n) is 3.63. The number of hydrogen-bond acceptors (Lipinski definition) is 4. The van der Waals surface area contributed by atoms with E-state index in [2.05, 4.69) is 30.1 Å². The van der Waals surface area contributed by atoms with Gasteiger partial charge in [-0.2, -0.15) is 5.26 Å². The molecule has 0 aliphatic carbocycles. The van der Waals surface area contributed by atoms with E-state index in [1.54, 1.807) is 7.11 Å². The molecule has 1 heterocycles. The Hall–Kier alpha value is -2.90. The first-order valence-corrected chi connectivity index (χ1v) is 8.36. The standard InChI is InChI=1S/C20H16N2OS/c1-14-3-7-16(8-4-14)19-13-24-20(22-19)17(12-21)11-15-5-9-18(23-2)10-6-15/h3-11,13H,1-2H3/b17-11+. The number of hydrogen-bond donors (Lipinski definition) is 0. The molecule has 4 heteroatoms. The molecule has 3 rings (SSSR count). The third-order valence-corrected chi connectivity index (χ3v) is 4.50. The van der Waals surface area contributed by atoms with Gasteiger partial charge in [-0.05, 0) is 30.7 Å². The van der Waals surface area contributed by atoms with Gasteiger partial charge in [-0.15, -0.1) is 11.3 Å². The van der Waals surface area contributed by atoms with Crippen molar-refractivity contribution in [3.63, 3.8) is 0 Å². The van der Waals surface area contributed by atoms with Crippen molar-refractivity contribution in [1.82, 2.24) is 4.98 Å². The second-order valence-corrected chi connectivity index (χ2v) is 6.21. The molecule has 0 radical (unpaired) electrons. The lowest BCUT2D eigenvalue weighted by molar-refractivity contribution is 0.415. The zero-order valence-corrected chi connectivity index (χ0v) is 14.3. The van der Waals surface area contributed by atoms with Crippen LogP contribution < -0.4 is 4.74 Å². The summed E-state index contributed by atoms with van der Waals surface area (Å²) in [4.78, 5) is 4.61. The minimum Gasteiger partial charge on any atom is -0.497 e. The van der Waals surface area contributed by atoms with Crippen LogP contribution in [-0.4, -0.2) is 12.1 Å². The average Bonchev–Trinajstić information content (AvgIpc) is 3.10. The van der Waals surface area contributed by atoms with E-state index in [0.29, 0.717) is 5.57 Å². The molecule has 0 aliphatic heterocycles. The first-order chi connectivity index (χ1) is 11.7. The molecule has 3 aromatic rings. The van der Waals surface area contributed by atoms with Crippen LogP contribution in [0, 0.1) is 18.3 Å². The molecule has 0 unspecified atom stereocenters. The Morgan fingerprint density at radius 1 is 1.12 bits per heavy atom. The van der Waals surface area contributed by atoms with Gasteiger partial charge in [0.2, 0.25) is 0 Å². The van der Waals surface area contributed by atoms with Gasteiger partial charge in [0.05, 0.1) is 18.4 Å². The average molecular weight is 332 g/mol. The van der Waals surface area contributed by atoms with Gasteiger partial charge in [0.1, 0.15) is 16.8 Å². The molecule has 2 aromatic carbocycles. The van der Waals surface area contributed by atoms with Crippen molar-refractivity contribution in [3.05, 3.63) is 70.0 Å². The van der Waals surface area contributed by atoms with Gasteiger partial charge in [-0.1, -0.05) is 42.0 Å². The van der Waals surface area contributed by atoms with E-state index in [1.807, 2.05) is 47.9 Å². The van der Waals surface area contributed by atoms with Crippen LogP contribution in [0.3, 0.4) is 0 Å². The smallest absolute Gasteiger partial charge is 0.134 e. The van der Waals surface area contributed by atoms with E-state index in [-0.39, 0.29) is 0 Å². The highest BCUT2D eigenvalue weighted by Crippen LogP contribution is 2.27. The van der Waals surface area contributed by atoms with Crippen molar-refractivity contribution >= 4 is 23.0 Å². The van der Waals surface area contributed by atoms with Gasteiger partial charge < -0.3 is 4.74 Å². The molecule has 0 atom stereocenters.